The molecule has 1 fully saturated rings. The molecule has 0 spiro atoms. The Labute approximate surface area is 262 Å². The zero-order valence-corrected chi connectivity index (χ0v) is 26.8. The van der Waals surface area contributed by atoms with Gasteiger partial charge >= 0.3 is 12.4 Å². The Morgan fingerprint density at radius 1 is 1.09 bits per heavy atom. The summed E-state index contributed by atoms with van der Waals surface area (Å²) in [5, 5.41) is 16.8. The van der Waals surface area contributed by atoms with E-state index >= 15 is 0 Å². The van der Waals surface area contributed by atoms with Gasteiger partial charge in [0.15, 0.2) is 6.61 Å². The van der Waals surface area contributed by atoms with Gasteiger partial charge in [0, 0.05) is 31.0 Å². The van der Waals surface area contributed by atoms with Crippen molar-refractivity contribution < 1.29 is 40.8 Å². The van der Waals surface area contributed by atoms with E-state index in [-0.39, 0.29) is 34.5 Å². The maximum absolute atomic E-state index is 13.6. The summed E-state index contributed by atoms with van der Waals surface area (Å²) in [4.78, 5) is 2.44. The van der Waals surface area contributed by atoms with Crippen molar-refractivity contribution in [2.75, 3.05) is 56.7 Å². The summed E-state index contributed by atoms with van der Waals surface area (Å²) in [7, 11) is -2.79. The molecular weight excluding hydrogens is 639 g/mol. The molecule has 0 saturated carbocycles. The quantitative estimate of drug-likeness (QED) is 0.123. The number of rotatable bonds is 10. The van der Waals surface area contributed by atoms with E-state index < -0.39 is 38.6 Å². The van der Waals surface area contributed by atoms with Crippen LogP contribution in [0.15, 0.2) is 36.4 Å². The number of likely N-dealkylation sites (tertiary alicyclic amines) is 1. The number of fused-ring (bicyclic) bond motifs is 1. The first-order valence-electron chi connectivity index (χ1n) is 14.4. The number of β-amino-alcohol motifs (C(OH)–C–C–N with tert-alkyl or cyclic N) is 1. The van der Waals surface area contributed by atoms with Crippen LogP contribution < -0.4 is 20.7 Å². The van der Waals surface area contributed by atoms with Gasteiger partial charge in [0.2, 0.25) is 0 Å². The topological polar surface area (TPSA) is 73.8 Å². The molecule has 4 rings (SSSR count). The number of anilines is 2. The van der Waals surface area contributed by atoms with Crippen LogP contribution in [-0.2, 0) is 11.0 Å². The molecule has 1 unspecified atom stereocenters. The third-order valence-electron chi connectivity index (χ3n) is 7.21. The van der Waals surface area contributed by atoms with Crippen LogP contribution in [0.3, 0.4) is 0 Å². The summed E-state index contributed by atoms with van der Waals surface area (Å²) in [6.45, 7) is 5.28. The second kappa shape index (κ2) is 14.2. The van der Waals surface area contributed by atoms with Gasteiger partial charge in [-0.2, -0.15) is 26.3 Å². The van der Waals surface area contributed by atoms with Gasteiger partial charge in [0.25, 0.3) is 0 Å². The monoisotopic (exact) mass is 675 g/mol. The molecule has 1 atom stereocenters. The second-order valence-corrected chi connectivity index (χ2v) is 15.8. The lowest BCUT2D eigenvalue weighted by Crippen LogP contribution is -2.41. The van der Waals surface area contributed by atoms with Crippen molar-refractivity contribution in [2.45, 2.75) is 50.7 Å². The highest BCUT2D eigenvalue weighted by molar-refractivity contribution is 7.70. The number of nitrogens with zero attached hydrogens (tertiary/aromatic N) is 1. The number of aliphatic hydroxyl groups is 1. The third kappa shape index (κ3) is 10.3. The lowest BCUT2D eigenvalue weighted by Gasteiger charge is -2.33. The number of alkyl halides is 6. The van der Waals surface area contributed by atoms with Gasteiger partial charge in [-0.3, -0.25) is 0 Å². The predicted octanol–water partition coefficient (Wildman–Crippen LogP) is 6.92. The molecule has 3 N–H and O–H groups in total. The lowest BCUT2D eigenvalue weighted by molar-refractivity contribution is -0.153. The fourth-order valence-corrected chi connectivity index (χ4v) is 7.18. The first-order chi connectivity index (χ1) is 21.0. The highest BCUT2D eigenvalue weighted by Crippen LogP contribution is 2.40. The van der Waals surface area contributed by atoms with Crippen LogP contribution in [0, 0.1) is 11.8 Å². The number of hydrogen-bond acceptors (Lipinski definition) is 7. The second-order valence-electron chi connectivity index (χ2n) is 11.5. The molecule has 1 aliphatic rings. The van der Waals surface area contributed by atoms with Gasteiger partial charge < -0.3 is 29.9 Å². The summed E-state index contributed by atoms with van der Waals surface area (Å²) in [6, 6.07) is 9.60. The van der Waals surface area contributed by atoms with E-state index in [1.807, 2.05) is 6.07 Å². The van der Waals surface area contributed by atoms with Crippen LogP contribution in [0.2, 0.25) is 0 Å². The minimum absolute atomic E-state index is 0.0746. The predicted molar refractivity (Wildman–Crippen MR) is 169 cm³/mol. The highest BCUT2D eigenvalue weighted by atomic mass is 32.1. The minimum Gasteiger partial charge on any atom is -0.482 e. The molecule has 0 amide bonds. The number of aliphatic hydroxyl groups excluding tert-OH is 1. The van der Waals surface area contributed by atoms with Crippen molar-refractivity contribution >= 4 is 45.2 Å². The number of halogens is 6. The van der Waals surface area contributed by atoms with E-state index in [1.54, 1.807) is 19.1 Å². The molecule has 0 radical (unpaired) electrons. The van der Waals surface area contributed by atoms with E-state index in [2.05, 4.69) is 27.4 Å². The standard InChI is InChI=1S/C31H36F6N3O3PS/c1-20(41)18-40-14-11-21(12-15-40)39-26-7-4-6-23-24(17-30(32,33)34)28(45-29(23)26)8-5-13-38-25-10-9-22(44(2,3)42)16-27(25)43-19-31(35,36)37/h4,6-7,9-10,16,20-21,38-39,41H,11-15,17-19H2,1-3H3. The normalized spacial score (nSPS) is 15.9. The molecule has 6 nitrogen and oxygen atoms in total. The van der Waals surface area contributed by atoms with Crippen LogP contribution in [-0.4, -0.2) is 80.6 Å². The molecule has 1 aliphatic heterocycles. The summed E-state index contributed by atoms with van der Waals surface area (Å²) >= 11 is 1.17. The van der Waals surface area contributed by atoms with E-state index in [9.17, 15) is 36.0 Å². The fraction of sp³-hybridized carbons (Fsp3) is 0.484. The Hall–Kier alpha value is -2.91. The Morgan fingerprint density at radius 3 is 2.42 bits per heavy atom. The van der Waals surface area contributed by atoms with Crippen molar-refractivity contribution in [2.24, 2.45) is 0 Å². The van der Waals surface area contributed by atoms with Gasteiger partial charge in [-0.05, 0) is 68.3 Å². The first kappa shape index (κ1) is 35.0. The van der Waals surface area contributed by atoms with Crippen LogP contribution in [0.5, 0.6) is 5.75 Å². The maximum atomic E-state index is 13.6. The number of ether oxygens (including phenoxy) is 1. The van der Waals surface area contributed by atoms with Crippen molar-refractivity contribution in [3.8, 4) is 17.6 Å². The van der Waals surface area contributed by atoms with Crippen molar-refractivity contribution in [3.63, 3.8) is 0 Å². The molecule has 1 saturated heterocycles. The lowest BCUT2D eigenvalue weighted by atomic mass is 10.0. The summed E-state index contributed by atoms with van der Waals surface area (Å²) in [5.41, 5.74) is 0.992. The molecule has 0 aliphatic carbocycles. The van der Waals surface area contributed by atoms with Gasteiger partial charge in [-0.15, -0.1) is 11.3 Å². The molecule has 45 heavy (non-hydrogen) atoms. The van der Waals surface area contributed by atoms with Gasteiger partial charge in [0.1, 0.15) is 12.9 Å². The van der Waals surface area contributed by atoms with Gasteiger partial charge in [-0.25, -0.2) is 0 Å². The van der Waals surface area contributed by atoms with Gasteiger partial charge in [-0.1, -0.05) is 24.0 Å². The Bertz CT molecular complexity index is 1580. The Balaban J connectivity index is 1.56. The number of nitrogens with one attached hydrogen (secondary N) is 2. The number of thiophene rings is 1. The average Bonchev–Trinajstić information content (AvgIpc) is 3.26. The van der Waals surface area contributed by atoms with Crippen molar-refractivity contribution in [1.29, 1.82) is 0 Å². The van der Waals surface area contributed by atoms with E-state index in [0.717, 1.165) is 31.6 Å². The van der Waals surface area contributed by atoms with Crippen LogP contribution in [0.25, 0.3) is 10.1 Å². The Morgan fingerprint density at radius 2 is 1.80 bits per heavy atom. The largest absolute Gasteiger partial charge is 0.482 e. The minimum atomic E-state index is -4.59. The molecule has 3 aromatic rings. The first-order valence-corrected chi connectivity index (χ1v) is 17.8. The summed E-state index contributed by atoms with van der Waals surface area (Å²) < 4.78 is 97.6. The molecular formula is C31H36F6N3O3PS. The molecule has 1 aromatic heterocycles. The molecule has 246 valence electrons. The SMILES string of the molecule is CC(O)CN1CCC(Nc2cccc3c(CC(F)(F)F)c(C#CCNc4ccc(P(C)(C)=O)cc4OCC(F)(F)F)sc23)CC1. The number of benzene rings is 2. The summed E-state index contributed by atoms with van der Waals surface area (Å²) in [6.07, 6.45) is -8.98. The average molecular weight is 676 g/mol. The van der Waals surface area contributed by atoms with E-state index in [1.165, 1.54) is 42.9 Å². The third-order valence-corrected chi connectivity index (χ3v) is 9.93. The maximum Gasteiger partial charge on any atom is 0.422 e. The summed E-state index contributed by atoms with van der Waals surface area (Å²) in [5.74, 6) is 5.50. The molecule has 14 heteroatoms. The molecule has 0 bridgehead atoms. The van der Waals surface area contributed by atoms with E-state index in [0.29, 0.717) is 21.9 Å². The van der Waals surface area contributed by atoms with Gasteiger partial charge in [0.05, 0.1) is 40.0 Å². The van der Waals surface area contributed by atoms with E-state index in [4.69, 9.17) is 4.74 Å². The van der Waals surface area contributed by atoms with Crippen molar-refractivity contribution in [3.05, 3.63) is 46.8 Å². The zero-order chi connectivity index (χ0) is 33.0. The fourth-order valence-electron chi connectivity index (χ4n) is 5.15. The molecule has 2 heterocycles. The zero-order valence-electron chi connectivity index (χ0n) is 25.1. The van der Waals surface area contributed by atoms with Crippen LogP contribution in [0.1, 0.15) is 30.2 Å². The van der Waals surface area contributed by atoms with Crippen molar-refractivity contribution in [1.82, 2.24) is 4.90 Å². The van der Waals surface area contributed by atoms with Crippen LogP contribution in [0.4, 0.5) is 37.7 Å². The molecule has 2 aromatic carbocycles. The number of piperidine rings is 1. The highest BCUT2D eigenvalue weighted by Gasteiger charge is 2.32. The van der Waals surface area contributed by atoms with Crippen LogP contribution >= 0.6 is 18.5 Å². The number of hydrogen-bond donors (Lipinski definition) is 3. The smallest absolute Gasteiger partial charge is 0.422 e. The Kier molecular flexibility index (Phi) is 11.1.